The maximum absolute atomic E-state index is 13.5. The van der Waals surface area contributed by atoms with E-state index in [-0.39, 0.29) is 11.3 Å². The lowest BCUT2D eigenvalue weighted by Crippen LogP contribution is -2.21. The molecule has 1 aromatic heterocycles. The Morgan fingerprint density at radius 1 is 1.00 bits per heavy atom. The van der Waals surface area contributed by atoms with Crippen LogP contribution in [0.25, 0.3) is 11.0 Å². The van der Waals surface area contributed by atoms with Crippen LogP contribution in [0.2, 0.25) is 0 Å². The highest BCUT2D eigenvalue weighted by atomic mass is 19.1. The number of halogens is 2. The largest absolute Gasteiger partial charge is 0.452 e. The van der Waals surface area contributed by atoms with E-state index in [4.69, 9.17) is 4.74 Å². The summed E-state index contributed by atoms with van der Waals surface area (Å²) in [5.41, 5.74) is 2.56. The minimum Gasteiger partial charge on any atom is -0.452 e. The van der Waals surface area contributed by atoms with Crippen LogP contribution in [0.5, 0.6) is 0 Å². The predicted molar refractivity (Wildman–Crippen MR) is 94.3 cm³/mol. The predicted octanol–water partition coefficient (Wildman–Crippen LogP) is 3.32. The Hall–Kier alpha value is -3.42. The Morgan fingerprint density at radius 3 is 2.44 bits per heavy atom. The van der Waals surface area contributed by atoms with E-state index in [0.29, 0.717) is 11.0 Å². The van der Waals surface area contributed by atoms with Gasteiger partial charge in [-0.15, -0.1) is 0 Å². The van der Waals surface area contributed by atoms with Crippen molar-refractivity contribution in [1.82, 2.24) is 9.97 Å². The summed E-state index contributed by atoms with van der Waals surface area (Å²) >= 11 is 0. The Morgan fingerprint density at radius 2 is 1.70 bits per heavy atom. The fourth-order valence-electron chi connectivity index (χ4n) is 2.35. The Kier molecular flexibility index (Phi) is 5.07. The van der Waals surface area contributed by atoms with Gasteiger partial charge in [-0.2, -0.15) is 0 Å². The average Bonchev–Trinajstić information content (AvgIpc) is 2.63. The molecule has 0 saturated heterocycles. The molecule has 3 aromatic rings. The van der Waals surface area contributed by atoms with E-state index >= 15 is 0 Å². The third kappa shape index (κ3) is 4.22. The van der Waals surface area contributed by atoms with Crippen LogP contribution < -0.4 is 5.32 Å². The first-order chi connectivity index (χ1) is 12.8. The van der Waals surface area contributed by atoms with E-state index in [9.17, 15) is 18.4 Å². The van der Waals surface area contributed by atoms with Crippen molar-refractivity contribution in [2.75, 3.05) is 11.9 Å². The fraction of sp³-hybridized carbons (Fsp3) is 0.158. The molecule has 1 heterocycles. The summed E-state index contributed by atoms with van der Waals surface area (Å²) in [6.45, 7) is 3.00. The number of fused-ring (bicyclic) bond motifs is 1. The van der Waals surface area contributed by atoms with Gasteiger partial charge in [-0.1, -0.05) is 0 Å². The number of hydrogen-bond acceptors (Lipinski definition) is 5. The number of nitrogens with zero attached hydrogens (tertiary/aromatic N) is 2. The number of benzene rings is 2. The summed E-state index contributed by atoms with van der Waals surface area (Å²) in [5, 5.41) is 2.15. The number of amides is 1. The van der Waals surface area contributed by atoms with Gasteiger partial charge in [-0.05, 0) is 44.2 Å². The second-order valence-corrected chi connectivity index (χ2v) is 5.85. The number of carbonyl (C=O) groups excluding carboxylic acids is 2. The van der Waals surface area contributed by atoms with Crippen LogP contribution >= 0.6 is 0 Å². The molecule has 27 heavy (non-hydrogen) atoms. The van der Waals surface area contributed by atoms with Crippen LogP contribution in [0.4, 0.5) is 14.5 Å². The Bertz CT molecular complexity index is 1050. The molecule has 3 rings (SSSR count). The Labute approximate surface area is 153 Å². The zero-order valence-electron chi connectivity index (χ0n) is 14.5. The molecule has 1 N–H and O–H groups in total. The molecule has 0 atom stereocenters. The summed E-state index contributed by atoms with van der Waals surface area (Å²) in [6, 6.07) is 7.31. The van der Waals surface area contributed by atoms with Gasteiger partial charge in [-0.3, -0.25) is 4.79 Å². The lowest BCUT2D eigenvalue weighted by atomic mass is 10.2. The van der Waals surface area contributed by atoms with Crippen LogP contribution in [-0.2, 0) is 9.53 Å². The zero-order chi connectivity index (χ0) is 19.6. The number of rotatable bonds is 4. The van der Waals surface area contributed by atoms with Gasteiger partial charge in [0, 0.05) is 6.07 Å². The van der Waals surface area contributed by atoms with Crippen molar-refractivity contribution in [2.45, 2.75) is 13.8 Å². The number of nitrogens with one attached hydrogen (secondary N) is 1. The molecule has 0 aliphatic carbocycles. The highest BCUT2D eigenvalue weighted by molar-refractivity contribution is 5.97. The normalized spacial score (nSPS) is 10.7. The lowest BCUT2D eigenvalue weighted by Gasteiger charge is -2.08. The van der Waals surface area contributed by atoms with E-state index in [1.807, 2.05) is 13.8 Å². The average molecular weight is 371 g/mol. The summed E-state index contributed by atoms with van der Waals surface area (Å²) in [4.78, 5) is 32.7. The molecule has 0 spiro atoms. The highest BCUT2D eigenvalue weighted by Crippen LogP contribution is 2.16. The quantitative estimate of drug-likeness (QED) is 0.712. The van der Waals surface area contributed by atoms with Crippen molar-refractivity contribution in [2.24, 2.45) is 0 Å². The SMILES string of the molecule is Cc1nc2ccc(C(=O)OCC(=O)Nc3cc(F)ccc3F)cc2nc1C. The van der Waals surface area contributed by atoms with Gasteiger partial charge in [0.1, 0.15) is 11.6 Å². The van der Waals surface area contributed by atoms with Crippen LogP contribution in [0.1, 0.15) is 21.7 Å². The first kappa shape index (κ1) is 18.4. The second-order valence-electron chi connectivity index (χ2n) is 5.85. The number of anilines is 1. The molecule has 0 aliphatic rings. The lowest BCUT2D eigenvalue weighted by molar-refractivity contribution is -0.119. The summed E-state index contributed by atoms with van der Waals surface area (Å²) < 4.78 is 31.5. The molecule has 0 saturated carbocycles. The standard InChI is InChI=1S/C19H15F2N3O3/c1-10-11(2)23-17-7-12(3-6-15(17)22-10)19(26)27-9-18(25)24-16-8-13(20)4-5-14(16)21/h3-8H,9H2,1-2H3,(H,24,25). The molecular formula is C19H15F2N3O3. The molecule has 0 aliphatic heterocycles. The number of ether oxygens (including phenoxy) is 1. The molecule has 0 radical (unpaired) electrons. The maximum Gasteiger partial charge on any atom is 0.338 e. The minimum atomic E-state index is -0.796. The van der Waals surface area contributed by atoms with Crippen molar-refractivity contribution in [3.05, 3.63) is 65.0 Å². The van der Waals surface area contributed by atoms with E-state index in [2.05, 4.69) is 15.3 Å². The molecule has 1 amide bonds. The van der Waals surface area contributed by atoms with Crippen LogP contribution in [0, 0.1) is 25.5 Å². The van der Waals surface area contributed by atoms with Crippen molar-refractivity contribution in [3.63, 3.8) is 0 Å². The number of aromatic nitrogens is 2. The van der Waals surface area contributed by atoms with E-state index in [0.717, 1.165) is 29.6 Å². The molecular weight excluding hydrogens is 356 g/mol. The molecule has 6 nitrogen and oxygen atoms in total. The van der Waals surface area contributed by atoms with E-state index < -0.39 is 30.1 Å². The number of hydrogen-bond donors (Lipinski definition) is 1. The third-order valence-electron chi connectivity index (χ3n) is 3.85. The number of esters is 1. The summed E-state index contributed by atoms with van der Waals surface area (Å²) in [5.74, 6) is -3.03. The van der Waals surface area contributed by atoms with Gasteiger partial charge in [0.05, 0.1) is 33.7 Å². The van der Waals surface area contributed by atoms with Crippen LogP contribution in [-0.4, -0.2) is 28.5 Å². The maximum atomic E-state index is 13.5. The number of aryl methyl sites for hydroxylation is 2. The minimum absolute atomic E-state index is 0.199. The molecule has 0 fully saturated rings. The highest BCUT2D eigenvalue weighted by Gasteiger charge is 2.14. The smallest absolute Gasteiger partial charge is 0.338 e. The second kappa shape index (κ2) is 7.45. The van der Waals surface area contributed by atoms with Gasteiger partial charge >= 0.3 is 5.97 Å². The van der Waals surface area contributed by atoms with Gasteiger partial charge in [-0.25, -0.2) is 23.5 Å². The van der Waals surface area contributed by atoms with Crippen molar-refractivity contribution in [1.29, 1.82) is 0 Å². The summed E-state index contributed by atoms with van der Waals surface area (Å²) in [6.07, 6.45) is 0. The molecule has 8 heteroatoms. The first-order valence-electron chi connectivity index (χ1n) is 8.00. The van der Waals surface area contributed by atoms with E-state index in [1.165, 1.54) is 12.1 Å². The van der Waals surface area contributed by atoms with Gasteiger partial charge < -0.3 is 10.1 Å². The summed E-state index contributed by atoms with van der Waals surface area (Å²) in [7, 11) is 0. The first-order valence-corrected chi connectivity index (χ1v) is 8.00. The topological polar surface area (TPSA) is 81.2 Å². The van der Waals surface area contributed by atoms with Gasteiger partial charge in [0.25, 0.3) is 5.91 Å². The van der Waals surface area contributed by atoms with E-state index in [1.54, 1.807) is 6.07 Å². The van der Waals surface area contributed by atoms with Gasteiger partial charge in [0.2, 0.25) is 0 Å². The zero-order valence-corrected chi connectivity index (χ0v) is 14.5. The van der Waals surface area contributed by atoms with Crippen LogP contribution in [0.15, 0.2) is 36.4 Å². The van der Waals surface area contributed by atoms with Crippen molar-refractivity contribution < 1.29 is 23.1 Å². The van der Waals surface area contributed by atoms with Gasteiger partial charge in [0.15, 0.2) is 6.61 Å². The molecule has 0 bridgehead atoms. The molecule has 0 unspecified atom stereocenters. The Balaban J connectivity index is 1.66. The van der Waals surface area contributed by atoms with Crippen molar-refractivity contribution in [3.8, 4) is 0 Å². The number of carbonyl (C=O) groups is 2. The van der Waals surface area contributed by atoms with Crippen LogP contribution in [0.3, 0.4) is 0 Å². The molecule has 138 valence electrons. The third-order valence-corrected chi connectivity index (χ3v) is 3.85. The fourth-order valence-corrected chi connectivity index (χ4v) is 2.35. The monoisotopic (exact) mass is 371 g/mol. The molecule has 2 aromatic carbocycles. The van der Waals surface area contributed by atoms with Crippen molar-refractivity contribution >= 4 is 28.6 Å².